The fourth-order valence-corrected chi connectivity index (χ4v) is 3.57. The second-order valence-corrected chi connectivity index (χ2v) is 7.38. The summed E-state index contributed by atoms with van der Waals surface area (Å²) in [6.07, 6.45) is 1.72. The van der Waals surface area contributed by atoms with Crippen LogP contribution in [0, 0.1) is 13.8 Å². The van der Waals surface area contributed by atoms with E-state index in [0.29, 0.717) is 39.7 Å². The largest absolute Gasteiger partial charge is 0.454 e. The summed E-state index contributed by atoms with van der Waals surface area (Å²) < 4.78 is 22.0. The van der Waals surface area contributed by atoms with Crippen molar-refractivity contribution in [2.24, 2.45) is 0 Å². The van der Waals surface area contributed by atoms with Crippen LogP contribution in [0.2, 0.25) is 0 Å². The van der Waals surface area contributed by atoms with Crippen LogP contribution in [0.25, 0.3) is 6.08 Å². The van der Waals surface area contributed by atoms with Crippen LogP contribution in [-0.2, 0) is 0 Å². The first-order valence-electron chi connectivity index (χ1n) is 9.76. The van der Waals surface area contributed by atoms with Gasteiger partial charge in [0.05, 0.1) is 11.1 Å². The topological polar surface area (TPSA) is 71.1 Å². The lowest BCUT2D eigenvalue weighted by molar-refractivity contribution is 0.0732. The quantitative estimate of drug-likeness (QED) is 0.346. The van der Waals surface area contributed by atoms with Gasteiger partial charge in [-0.25, -0.2) is 4.79 Å². The van der Waals surface area contributed by atoms with Gasteiger partial charge in [-0.15, -0.1) is 0 Å². The summed E-state index contributed by atoms with van der Waals surface area (Å²) in [7, 11) is 0. The summed E-state index contributed by atoms with van der Waals surface area (Å²) in [5.41, 5.74) is 3.32. The highest BCUT2D eigenvalue weighted by Gasteiger charge is 2.30. The maximum atomic E-state index is 12.8. The van der Waals surface area contributed by atoms with Crippen molar-refractivity contribution in [3.05, 3.63) is 88.2 Å². The standard InChI is InChI=1S/C25H18O6/c1-14-4-3-5-16(10-14)11-22-23(26)18-7-9-19(15(2)24(18)30-22)31-25(27)17-6-8-20-21(12-17)29-13-28-20/h3-12H,13H2,1-2H3/b22-11-. The predicted octanol–water partition coefficient (Wildman–Crippen LogP) is 4.87. The highest BCUT2D eigenvalue weighted by molar-refractivity contribution is 6.15. The van der Waals surface area contributed by atoms with Crippen molar-refractivity contribution < 1.29 is 28.5 Å². The van der Waals surface area contributed by atoms with Crippen molar-refractivity contribution in [3.63, 3.8) is 0 Å². The summed E-state index contributed by atoms with van der Waals surface area (Å²) in [5, 5.41) is 0. The Hall–Kier alpha value is -4.06. The Morgan fingerprint density at radius 1 is 1.00 bits per heavy atom. The zero-order chi connectivity index (χ0) is 21.5. The smallest absolute Gasteiger partial charge is 0.343 e. The van der Waals surface area contributed by atoms with Crippen molar-refractivity contribution in [2.45, 2.75) is 13.8 Å². The fourth-order valence-electron chi connectivity index (χ4n) is 3.57. The normalized spacial score (nSPS) is 15.0. The second kappa shape index (κ2) is 7.32. The van der Waals surface area contributed by atoms with Crippen LogP contribution in [0.15, 0.2) is 60.4 Å². The first-order valence-corrected chi connectivity index (χ1v) is 9.76. The van der Waals surface area contributed by atoms with E-state index >= 15 is 0 Å². The Labute approximate surface area is 178 Å². The molecule has 31 heavy (non-hydrogen) atoms. The van der Waals surface area contributed by atoms with E-state index in [1.807, 2.05) is 31.2 Å². The molecule has 2 heterocycles. The zero-order valence-corrected chi connectivity index (χ0v) is 16.9. The zero-order valence-electron chi connectivity index (χ0n) is 16.9. The third-order valence-corrected chi connectivity index (χ3v) is 5.19. The maximum absolute atomic E-state index is 12.8. The van der Waals surface area contributed by atoms with E-state index < -0.39 is 5.97 Å². The molecule has 0 amide bonds. The molecule has 0 radical (unpaired) electrons. The Morgan fingerprint density at radius 3 is 2.68 bits per heavy atom. The number of esters is 1. The molecule has 0 aliphatic carbocycles. The lowest BCUT2D eigenvalue weighted by atomic mass is 10.1. The predicted molar refractivity (Wildman–Crippen MR) is 113 cm³/mol. The molecule has 3 aromatic carbocycles. The molecule has 0 spiro atoms. The van der Waals surface area contributed by atoms with Crippen molar-refractivity contribution in [3.8, 4) is 23.0 Å². The average molecular weight is 414 g/mol. The van der Waals surface area contributed by atoms with E-state index in [4.69, 9.17) is 18.9 Å². The molecule has 5 rings (SSSR count). The molecule has 154 valence electrons. The van der Waals surface area contributed by atoms with Gasteiger partial charge in [-0.3, -0.25) is 4.79 Å². The van der Waals surface area contributed by atoms with Crippen LogP contribution in [0.4, 0.5) is 0 Å². The lowest BCUT2D eigenvalue weighted by Gasteiger charge is -2.10. The Morgan fingerprint density at radius 2 is 1.84 bits per heavy atom. The first-order chi connectivity index (χ1) is 15.0. The van der Waals surface area contributed by atoms with Gasteiger partial charge in [-0.05, 0) is 55.8 Å². The molecular weight excluding hydrogens is 396 g/mol. The monoisotopic (exact) mass is 414 g/mol. The molecule has 2 aliphatic heterocycles. The van der Waals surface area contributed by atoms with Crippen molar-refractivity contribution >= 4 is 17.8 Å². The molecule has 0 saturated carbocycles. The third-order valence-electron chi connectivity index (χ3n) is 5.19. The summed E-state index contributed by atoms with van der Waals surface area (Å²) in [6.45, 7) is 3.87. The Bertz CT molecular complexity index is 1270. The summed E-state index contributed by atoms with van der Waals surface area (Å²) in [4.78, 5) is 25.4. The van der Waals surface area contributed by atoms with Gasteiger partial charge in [0, 0.05) is 5.56 Å². The minimum Gasteiger partial charge on any atom is -0.454 e. The molecule has 0 bridgehead atoms. The van der Waals surface area contributed by atoms with E-state index in [1.165, 1.54) is 0 Å². The number of hydrogen-bond acceptors (Lipinski definition) is 6. The van der Waals surface area contributed by atoms with Gasteiger partial charge in [-0.1, -0.05) is 29.8 Å². The van der Waals surface area contributed by atoms with E-state index in [9.17, 15) is 9.59 Å². The van der Waals surface area contributed by atoms with E-state index in [2.05, 4.69) is 0 Å². The molecule has 0 fully saturated rings. The molecular formula is C25H18O6. The van der Waals surface area contributed by atoms with Gasteiger partial charge in [0.25, 0.3) is 0 Å². The Balaban J connectivity index is 1.41. The van der Waals surface area contributed by atoms with E-state index in [1.54, 1.807) is 43.3 Å². The number of fused-ring (bicyclic) bond motifs is 2. The van der Waals surface area contributed by atoms with Crippen LogP contribution >= 0.6 is 0 Å². The molecule has 0 aromatic heterocycles. The highest BCUT2D eigenvalue weighted by atomic mass is 16.7. The van der Waals surface area contributed by atoms with Gasteiger partial charge in [0.1, 0.15) is 11.5 Å². The minimum absolute atomic E-state index is 0.127. The molecule has 0 atom stereocenters. The SMILES string of the molecule is Cc1cccc(/C=C2\Oc3c(ccc(OC(=O)c4ccc5c(c4)OCO5)c3C)C2=O)c1. The summed E-state index contributed by atoms with van der Waals surface area (Å²) in [6, 6.07) is 15.9. The molecule has 6 heteroatoms. The second-order valence-electron chi connectivity index (χ2n) is 7.38. The summed E-state index contributed by atoms with van der Waals surface area (Å²) >= 11 is 0. The van der Waals surface area contributed by atoms with Crippen LogP contribution < -0.4 is 18.9 Å². The molecule has 3 aromatic rings. The molecule has 0 saturated heterocycles. The van der Waals surface area contributed by atoms with E-state index in [-0.39, 0.29) is 18.3 Å². The fraction of sp³-hybridized carbons (Fsp3) is 0.120. The maximum Gasteiger partial charge on any atom is 0.343 e. The number of carbonyl (C=O) groups is 2. The minimum atomic E-state index is -0.541. The number of rotatable bonds is 3. The van der Waals surface area contributed by atoms with Crippen LogP contribution in [0.3, 0.4) is 0 Å². The number of ketones is 1. The number of Topliss-reactive ketones (excluding diaryl/α,β-unsaturated/α-hetero) is 1. The molecule has 6 nitrogen and oxygen atoms in total. The van der Waals surface area contributed by atoms with Crippen molar-refractivity contribution in [2.75, 3.05) is 6.79 Å². The number of hydrogen-bond donors (Lipinski definition) is 0. The Kier molecular flexibility index (Phi) is 4.47. The van der Waals surface area contributed by atoms with Crippen LogP contribution in [0.1, 0.15) is 37.4 Å². The average Bonchev–Trinajstić information content (AvgIpc) is 3.35. The first kappa shape index (κ1) is 18.9. The van der Waals surface area contributed by atoms with Gasteiger partial charge < -0.3 is 18.9 Å². The molecule has 0 unspecified atom stereocenters. The van der Waals surface area contributed by atoms with Crippen molar-refractivity contribution in [1.29, 1.82) is 0 Å². The van der Waals surface area contributed by atoms with Gasteiger partial charge in [0.15, 0.2) is 17.3 Å². The van der Waals surface area contributed by atoms with E-state index in [0.717, 1.165) is 11.1 Å². The van der Waals surface area contributed by atoms with Crippen LogP contribution in [0.5, 0.6) is 23.0 Å². The molecule has 0 N–H and O–H groups in total. The third kappa shape index (κ3) is 3.42. The highest BCUT2D eigenvalue weighted by Crippen LogP contribution is 2.40. The number of carbonyl (C=O) groups excluding carboxylic acids is 2. The lowest BCUT2D eigenvalue weighted by Crippen LogP contribution is -2.09. The van der Waals surface area contributed by atoms with Crippen molar-refractivity contribution in [1.82, 2.24) is 0 Å². The summed E-state index contributed by atoms with van der Waals surface area (Å²) in [5.74, 6) is 1.31. The number of ether oxygens (including phenoxy) is 4. The van der Waals surface area contributed by atoms with Gasteiger partial charge in [0.2, 0.25) is 12.6 Å². The number of aryl methyl sites for hydroxylation is 1. The van der Waals surface area contributed by atoms with Gasteiger partial charge >= 0.3 is 5.97 Å². The molecule has 2 aliphatic rings. The van der Waals surface area contributed by atoms with Crippen LogP contribution in [-0.4, -0.2) is 18.5 Å². The number of allylic oxidation sites excluding steroid dienone is 1. The van der Waals surface area contributed by atoms with Gasteiger partial charge in [-0.2, -0.15) is 0 Å². The number of benzene rings is 3.